The molecule has 2 aromatic carbocycles. The minimum absolute atomic E-state index is 0.0131. The van der Waals surface area contributed by atoms with Crippen LogP contribution in [0.3, 0.4) is 0 Å². The number of thioether (sulfide) groups is 1. The number of nitrogens with one attached hydrogen (secondary N) is 1. The van der Waals surface area contributed by atoms with Crippen molar-refractivity contribution in [2.75, 3.05) is 25.3 Å². The summed E-state index contributed by atoms with van der Waals surface area (Å²) in [6.07, 6.45) is 0. The molecule has 0 aliphatic carbocycles. The van der Waals surface area contributed by atoms with Crippen molar-refractivity contribution in [2.24, 2.45) is 0 Å². The van der Waals surface area contributed by atoms with Crippen molar-refractivity contribution in [3.63, 3.8) is 0 Å². The molecule has 0 aliphatic rings. The molecule has 36 heavy (non-hydrogen) atoms. The summed E-state index contributed by atoms with van der Waals surface area (Å²) in [5.74, 6) is -0.290. The van der Waals surface area contributed by atoms with Gasteiger partial charge in [0.15, 0.2) is 5.16 Å². The van der Waals surface area contributed by atoms with Crippen molar-refractivity contribution in [3.8, 4) is 11.5 Å². The maximum absolute atomic E-state index is 14.4. The van der Waals surface area contributed by atoms with Gasteiger partial charge in [-0.1, -0.05) is 30.0 Å². The van der Waals surface area contributed by atoms with Crippen LogP contribution in [0.2, 0.25) is 0 Å². The van der Waals surface area contributed by atoms with Crippen molar-refractivity contribution in [3.05, 3.63) is 71.3 Å². The van der Waals surface area contributed by atoms with Crippen LogP contribution in [0.4, 0.5) is 10.1 Å². The van der Waals surface area contributed by atoms with E-state index in [1.807, 2.05) is 19.9 Å². The van der Waals surface area contributed by atoms with Gasteiger partial charge in [-0.3, -0.25) is 9.59 Å². The molecule has 0 spiro atoms. The molecule has 1 N–H and O–H groups in total. The summed E-state index contributed by atoms with van der Waals surface area (Å²) < 4.78 is 25.0. The lowest BCUT2D eigenvalue weighted by Crippen LogP contribution is -2.46. The van der Waals surface area contributed by atoms with Crippen LogP contribution in [0.1, 0.15) is 23.9 Å². The normalized spacial score (nSPS) is 11.5. The molecular weight excluding hydrogens is 483 g/mol. The minimum Gasteiger partial charge on any atom is -0.497 e. The number of ether oxygens (including phenoxy) is 2. The molecule has 190 valence electrons. The molecule has 10 heteroatoms. The van der Waals surface area contributed by atoms with Gasteiger partial charge in [-0.2, -0.15) is 0 Å². The van der Waals surface area contributed by atoms with E-state index >= 15 is 0 Å². The highest BCUT2D eigenvalue weighted by atomic mass is 32.2. The number of aromatic nitrogens is 2. The highest BCUT2D eigenvalue weighted by Gasteiger charge is 2.28. The summed E-state index contributed by atoms with van der Waals surface area (Å²) in [6.45, 7) is 5.23. The molecule has 0 saturated heterocycles. The van der Waals surface area contributed by atoms with E-state index in [2.05, 4.69) is 15.3 Å². The summed E-state index contributed by atoms with van der Waals surface area (Å²) in [5.41, 5.74) is 2.32. The number of amides is 2. The fourth-order valence-electron chi connectivity index (χ4n) is 3.50. The number of carbonyl (C=O) groups is 2. The van der Waals surface area contributed by atoms with E-state index < -0.39 is 17.8 Å². The van der Waals surface area contributed by atoms with Gasteiger partial charge in [-0.25, -0.2) is 14.4 Å². The highest BCUT2D eigenvalue weighted by molar-refractivity contribution is 7.99. The third-order valence-electron chi connectivity index (χ3n) is 5.42. The van der Waals surface area contributed by atoms with Gasteiger partial charge in [0.25, 0.3) is 0 Å². The number of rotatable bonds is 10. The third kappa shape index (κ3) is 6.94. The van der Waals surface area contributed by atoms with Crippen LogP contribution in [0.5, 0.6) is 11.5 Å². The lowest BCUT2D eigenvalue weighted by atomic mass is 10.1. The molecule has 1 atom stereocenters. The standard InChI is InChI=1S/C26H29FN4O4S/c1-16-12-17(2)29-26(28-16)36-15-24(32)31(14-19-8-6-7-9-21(19)27)18(3)25(33)30-22-11-10-20(34-4)13-23(22)35-5/h6-13,18H,14-15H2,1-5H3,(H,30,33). The van der Waals surface area contributed by atoms with Crippen LogP contribution in [-0.2, 0) is 16.1 Å². The SMILES string of the molecule is COc1ccc(NC(=O)C(C)N(Cc2ccccc2F)C(=O)CSc2nc(C)cc(C)n2)c(OC)c1. The van der Waals surface area contributed by atoms with Gasteiger partial charge in [0.05, 0.1) is 25.7 Å². The number of carbonyl (C=O) groups excluding carboxylic acids is 2. The van der Waals surface area contributed by atoms with Gasteiger partial charge in [0.1, 0.15) is 23.4 Å². The topological polar surface area (TPSA) is 93.7 Å². The third-order valence-corrected chi connectivity index (χ3v) is 6.25. The number of aryl methyl sites for hydroxylation is 2. The molecule has 1 aromatic heterocycles. The van der Waals surface area contributed by atoms with Crippen LogP contribution in [0.15, 0.2) is 53.7 Å². The monoisotopic (exact) mass is 512 g/mol. The first-order valence-electron chi connectivity index (χ1n) is 11.2. The predicted octanol–water partition coefficient (Wildman–Crippen LogP) is 4.40. The Balaban J connectivity index is 1.82. The maximum atomic E-state index is 14.4. The van der Waals surface area contributed by atoms with Crippen molar-refractivity contribution in [1.82, 2.24) is 14.9 Å². The van der Waals surface area contributed by atoms with E-state index in [1.165, 1.54) is 36.9 Å². The smallest absolute Gasteiger partial charge is 0.247 e. The Hall–Kier alpha value is -3.66. The van der Waals surface area contributed by atoms with Crippen LogP contribution in [0.25, 0.3) is 0 Å². The number of halogens is 1. The highest BCUT2D eigenvalue weighted by Crippen LogP contribution is 2.29. The Morgan fingerprint density at radius 2 is 1.75 bits per heavy atom. The first-order valence-corrected chi connectivity index (χ1v) is 12.2. The van der Waals surface area contributed by atoms with Gasteiger partial charge in [-0.15, -0.1) is 0 Å². The molecule has 0 radical (unpaired) electrons. The fourth-order valence-corrected chi connectivity index (χ4v) is 4.33. The Kier molecular flexibility index (Phi) is 9.24. The number of nitrogens with zero attached hydrogens (tertiary/aromatic N) is 3. The number of benzene rings is 2. The van der Waals surface area contributed by atoms with E-state index in [4.69, 9.17) is 9.47 Å². The quantitative estimate of drug-likeness (QED) is 0.318. The average molecular weight is 513 g/mol. The number of anilines is 1. The first kappa shape index (κ1) is 26.9. The molecule has 8 nitrogen and oxygen atoms in total. The van der Waals surface area contributed by atoms with Gasteiger partial charge in [0.2, 0.25) is 11.8 Å². The van der Waals surface area contributed by atoms with Crippen molar-refractivity contribution >= 4 is 29.3 Å². The van der Waals surface area contributed by atoms with E-state index in [0.717, 1.165) is 11.4 Å². The Labute approximate surface area is 214 Å². The summed E-state index contributed by atoms with van der Waals surface area (Å²) in [4.78, 5) is 36.6. The Bertz CT molecular complexity index is 1220. The zero-order valence-corrected chi connectivity index (χ0v) is 21.7. The zero-order valence-electron chi connectivity index (χ0n) is 20.9. The largest absolute Gasteiger partial charge is 0.497 e. The molecule has 0 aliphatic heterocycles. The Morgan fingerprint density at radius 3 is 2.39 bits per heavy atom. The maximum Gasteiger partial charge on any atom is 0.247 e. The van der Waals surface area contributed by atoms with E-state index in [0.29, 0.717) is 27.9 Å². The molecule has 0 bridgehead atoms. The summed E-state index contributed by atoms with van der Waals surface area (Å²) >= 11 is 1.17. The molecule has 3 rings (SSSR count). The zero-order chi connectivity index (χ0) is 26.2. The minimum atomic E-state index is -0.912. The number of hydrogen-bond acceptors (Lipinski definition) is 7. The molecule has 2 amide bonds. The summed E-state index contributed by atoms with van der Waals surface area (Å²) in [6, 6.07) is 12.1. The summed E-state index contributed by atoms with van der Waals surface area (Å²) in [7, 11) is 3.01. The van der Waals surface area contributed by atoms with Gasteiger partial charge in [-0.05, 0) is 45.0 Å². The average Bonchev–Trinajstić information content (AvgIpc) is 2.86. The molecule has 0 fully saturated rings. The second-order valence-corrected chi connectivity index (χ2v) is 9.01. The molecular formula is C26H29FN4O4S. The van der Waals surface area contributed by atoms with Gasteiger partial charge >= 0.3 is 0 Å². The lowest BCUT2D eigenvalue weighted by Gasteiger charge is -2.29. The lowest BCUT2D eigenvalue weighted by molar-refractivity contribution is -0.136. The van der Waals surface area contributed by atoms with E-state index in [1.54, 1.807) is 43.3 Å². The van der Waals surface area contributed by atoms with Crippen LogP contribution in [0, 0.1) is 19.7 Å². The van der Waals surface area contributed by atoms with Gasteiger partial charge in [0, 0.05) is 29.6 Å². The number of methoxy groups -OCH3 is 2. The molecule has 1 heterocycles. The van der Waals surface area contributed by atoms with Crippen molar-refractivity contribution < 1.29 is 23.5 Å². The first-order chi connectivity index (χ1) is 17.2. The van der Waals surface area contributed by atoms with Crippen molar-refractivity contribution in [2.45, 2.75) is 38.5 Å². The summed E-state index contributed by atoms with van der Waals surface area (Å²) in [5, 5.41) is 3.26. The molecule has 3 aromatic rings. The van der Waals surface area contributed by atoms with E-state index in [-0.39, 0.29) is 18.2 Å². The van der Waals surface area contributed by atoms with Crippen LogP contribution >= 0.6 is 11.8 Å². The van der Waals surface area contributed by atoms with Crippen LogP contribution < -0.4 is 14.8 Å². The molecule has 1 unspecified atom stereocenters. The second-order valence-electron chi connectivity index (χ2n) is 8.07. The molecule has 0 saturated carbocycles. The Morgan fingerprint density at radius 1 is 1.06 bits per heavy atom. The predicted molar refractivity (Wildman–Crippen MR) is 137 cm³/mol. The van der Waals surface area contributed by atoms with Crippen molar-refractivity contribution in [1.29, 1.82) is 0 Å². The number of hydrogen-bond donors (Lipinski definition) is 1. The van der Waals surface area contributed by atoms with Crippen LogP contribution in [-0.4, -0.2) is 52.7 Å². The van der Waals surface area contributed by atoms with Gasteiger partial charge < -0.3 is 19.7 Å². The fraction of sp³-hybridized carbons (Fsp3) is 0.308. The second kappa shape index (κ2) is 12.3. The van der Waals surface area contributed by atoms with E-state index in [9.17, 15) is 14.0 Å².